The zero-order valence-corrected chi connectivity index (χ0v) is 17.3. The van der Waals surface area contributed by atoms with Crippen molar-refractivity contribution in [1.29, 1.82) is 0 Å². The summed E-state index contributed by atoms with van der Waals surface area (Å²) in [5, 5.41) is 7.43. The monoisotopic (exact) mass is 393 g/mol. The van der Waals surface area contributed by atoms with Crippen LogP contribution in [0.15, 0.2) is 54.7 Å². The van der Waals surface area contributed by atoms with E-state index < -0.39 is 0 Å². The first-order chi connectivity index (χ1) is 14.0. The molecule has 0 aliphatic rings. The molecule has 3 rings (SSSR count). The second kappa shape index (κ2) is 9.28. The highest BCUT2D eigenvalue weighted by atomic mass is 16.5. The van der Waals surface area contributed by atoms with Crippen molar-refractivity contribution in [2.45, 2.75) is 33.7 Å². The van der Waals surface area contributed by atoms with Crippen LogP contribution in [0.4, 0.5) is 0 Å². The molecule has 3 aromatic rings. The Bertz CT molecular complexity index is 967. The lowest BCUT2D eigenvalue weighted by Gasteiger charge is -2.17. The van der Waals surface area contributed by atoms with E-state index in [0.717, 1.165) is 16.9 Å². The maximum Gasteiger partial charge on any atom is 0.255 e. The number of aromatic nitrogens is 2. The molecule has 0 saturated carbocycles. The van der Waals surface area contributed by atoms with Crippen molar-refractivity contribution >= 4 is 5.91 Å². The van der Waals surface area contributed by atoms with Gasteiger partial charge in [0.25, 0.3) is 5.91 Å². The normalized spacial score (nSPS) is 11.7. The van der Waals surface area contributed by atoms with Crippen LogP contribution in [0.3, 0.4) is 0 Å². The Balaban J connectivity index is 1.77. The van der Waals surface area contributed by atoms with E-state index in [0.29, 0.717) is 30.3 Å². The van der Waals surface area contributed by atoms with Gasteiger partial charge in [-0.05, 0) is 57.5 Å². The Morgan fingerprint density at radius 1 is 1.07 bits per heavy atom. The molecule has 152 valence electrons. The standard InChI is InChI=1S/C23H27N3O3/c1-5-28-21-13-12-18(14-22(21)29-6-2)16(3)25-23(27)20-15-24-26(17(20)4)19-10-8-7-9-11-19/h7-16H,5-6H2,1-4H3,(H,25,27). The van der Waals surface area contributed by atoms with Crippen LogP contribution in [0, 0.1) is 6.92 Å². The SMILES string of the molecule is CCOc1ccc(C(C)NC(=O)c2cnn(-c3ccccc3)c2C)cc1OCC. The molecule has 0 fully saturated rings. The number of nitrogens with one attached hydrogen (secondary N) is 1. The summed E-state index contributed by atoms with van der Waals surface area (Å²) < 4.78 is 13.1. The second-order valence-corrected chi connectivity index (χ2v) is 6.66. The average molecular weight is 393 g/mol. The van der Waals surface area contributed by atoms with Crippen LogP contribution in [0.2, 0.25) is 0 Å². The molecule has 6 heteroatoms. The van der Waals surface area contributed by atoms with Gasteiger partial charge in [0.15, 0.2) is 11.5 Å². The molecule has 0 bridgehead atoms. The van der Waals surface area contributed by atoms with Crippen molar-refractivity contribution in [3.8, 4) is 17.2 Å². The molecule has 1 amide bonds. The number of hydrogen-bond acceptors (Lipinski definition) is 4. The fourth-order valence-corrected chi connectivity index (χ4v) is 3.16. The van der Waals surface area contributed by atoms with E-state index in [-0.39, 0.29) is 11.9 Å². The molecule has 0 spiro atoms. The molecule has 1 unspecified atom stereocenters. The number of amides is 1. The number of ether oxygens (including phenoxy) is 2. The number of benzene rings is 2. The Hall–Kier alpha value is -3.28. The van der Waals surface area contributed by atoms with Gasteiger partial charge in [0.2, 0.25) is 0 Å². The Kier molecular flexibility index (Phi) is 6.54. The van der Waals surface area contributed by atoms with Crippen molar-refractivity contribution in [3.63, 3.8) is 0 Å². The molecule has 0 radical (unpaired) electrons. The van der Waals surface area contributed by atoms with Crippen molar-refractivity contribution < 1.29 is 14.3 Å². The van der Waals surface area contributed by atoms with Gasteiger partial charge in [-0.1, -0.05) is 24.3 Å². The smallest absolute Gasteiger partial charge is 0.255 e. The molecule has 1 atom stereocenters. The molecule has 2 aromatic carbocycles. The minimum absolute atomic E-state index is 0.163. The molecule has 1 aromatic heterocycles. The van der Waals surface area contributed by atoms with Crippen LogP contribution < -0.4 is 14.8 Å². The molecule has 1 N–H and O–H groups in total. The summed E-state index contributed by atoms with van der Waals surface area (Å²) in [6, 6.07) is 15.3. The van der Waals surface area contributed by atoms with Crippen molar-refractivity contribution in [2.24, 2.45) is 0 Å². The zero-order valence-electron chi connectivity index (χ0n) is 17.3. The molecule has 0 aliphatic carbocycles. The van der Waals surface area contributed by atoms with E-state index in [2.05, 4.69) is 10.4 Å². The average Bonchev–Trinajstić information content (AvgIpc) is 3.11. The molecule has 1 heterocycles. The Morgan fingerprint density at radius 3 is 2.45 bits per heavy atom. The van der Waals surface area contributed by atoms with Crippen LogP contribution in [0.1, 0.15) is 48.4 Å². The number of carbonyl (C=O) groups is 1. The number of hydrogen-bond donors (Lipinski definition) is 1. The van der Waals surface area contributed by atoms with Gasteiger partial charge in [0.1, 0.15) is 0 Å². The summed E-state index contributed by atoms with van der Waals surface area (Å²) in [5.74, 6) is 1.22. The summed E-state index contributed by atoms with van der Waals surface area (Å²) in [5.41, 5.74) is 3.21. The van der Waals surface area contributed by atoms with Gasteiger partial charge in [0, 0.05) is 0 Å². The molecule has 29 heavy (non-hydrogen) atoms. The van der Waals surface area contributed by atoms with Crippen LogP contribution >= 0.6 is 0 Å². The minimum atomic E-state index is -0.197. The lowest BCUT2D eigenvalue weighted by atomic mass is 10.1. The van der Waals surface area contributed by atoms with Crippen molar-refractivity contribution in [2.75, 3.05) is 13.2 Å². The van der Waals surface area contributed by atoms with Gasteiger partial charge < -0.3 is 14.8 Å². The Morgan fingerprint density at radius 2 is 1.76 bits per heavy atom. The first-order valence-electron chi connectivity index (χ1n) is 9.85. The molecule has 0 aliphatic heterocycles. The van der Waals surface area contributed by atoms with Crippen LogP contribution in [-0.2, 0) is 0 Å². The third-order valence-corrected chi connectivity index (χ3v) is 4.67. The topological polar surface area (TPSA) is 65.4 Å². The van der Waals surface area contributed by atoms with Gasteiger partial charge in [-0.15, -0.1) is 0 Å². The van der Waals surface area contributed by atoms with Crippen LogP contribution in [0.5, 0.6) is 11.5 Å². The van der Waals surface area contributed by atoms with Crippen LogP contribution in [-0.4, -0.2) is 28.9 Å². The predicted octanol–water partition coefficient (Wildman–Crippen LogP) is 4.47. The van der Waals surface area contributed by atoms with E-state index in [4.69, 9.17) is 9.47 Å². The van der Waals surface area contributed by atoms with Gasteiger partial charge >= 0.3 is 0 Å². The summed E-state index contributed by atoms with van der Waals surface area (Å²) in [7, 11) is 0. The summed E-state index contributed by atoms with van der Waals surface area (Å²) >= 11 is 0. The molecular formula is C23H27N3O3. The third-order valence-electron chi connectivity index (χ3n) is 4.67. The van der Waals surface area contributed by atoms with Gasteiger partial charge in [0.05, 0.1) is 42.4 Å². The number of para-hydroxylation sites is 1. The number of carbonyl (C=O) groups excluding carboxylic acids is 1. The van der Waals surface area contributed by atoms with Crippen LogP contribution in [0.25, 0.3) is 5.69 Å². The lowest BCUT2D eigenvalue weighted by molar-refractivity contribution is 0.0939. The summed E-state index contributed by atoms with van der Waals surface area (Å²) in [6.07, 6.45) is 1.61. The van der Waals surface area contributed by atoms with Gasteiger partial charge in [-0.3, -0.25) is 4.79 Å². The summed E-state index contributed by atoms with van der Waals surface area (Å²) in [6.45, 7) is 8.81. The second-order valence-electron chi connectivity index (χ2n) is 6.66. The van der Waals surface area contributed by atoms with Gasteiger partial charge in [-0.2, -0.15) is 5.10 Å². The van der Waals surface area contributed by atoms with Crippen molar-refractivity contribution in [1.82, 2.24) is 15.1 Å². The predicted molar refractivity (Wildman–Crippen MR) is 113 cm³/mol. The third kappa shape index (κ3) is 4.59. The maximum atomic E-state index is 12.9. The summed E-state index contributed by atoms with van der Waals surface area (Å²) in [4.78, 5) is 12.9. The van der Waals surface area contributed by atoms with E-state index in [1.807, 2.05) is 76.2 Å². The fourth-order valence-electron chi connectivity index (χ4n) is 3.16. The molecule has 0 saturated heterocycles. The largest absolute Gasteiger partial charge is 0.490 e. The molecular weight excluding hydrogens is 366 g/mol. The van der Waals surface area contributed by atoms with E-state index >= 15 is 0 Å². The first kappa shape index (κ1) is 20.5. The highest BCUT2D eigenvalue weighted by Gasteiger charge is 2.18. The van der Waals surface area contributed by atoms with Crippen molar-refractivity contribution in [3.05, 3.63) is 71.5 Å². The quantitative estimate of drug-likeness (QED) is 0.613. The van der Waals surface area contributed by atoms with E-state index in [1.165, 1.54) is 0 Å². The fraction of sp³-hybridized carbons (Fsp3) is 0.304. The highest BCUT2D eigenvalue weighted by Crippen LogP contribution is 2.31. The van der Waals surface area contributed by atoms with E-state index in [1.54, 1.807) is 10.9 Å². The van der Waals surface area contributed by atoms with Gasteiger partial charge in [-0.25, -0.2) is 4.68 Å². The molecule has 6 nitrogen and oxygen atoms in total. The maximum absolute atomic E-state index is 12.9. The Labute approximate surface area is 171 Å². The number of nitrogens with zero attached hydrogens (tertiary/aromatic N) is 2. The highest BCUT2D eigenvalue weighted by molar-refractivity contribution is 5.95. The minimum Gasteiger partial charge on any atom is -0.490 e. The first-order valence-corrected chi connectivity index (χ1v) is 9.85. The number of rotatable bonds is 8. The lowest BCUT2D eigenvalue weighted by Crippen LogP contribution is -2.27. The zero-order chi connectivity index (χ0) is 20.8. The van der Waals surface area contributed by atoms with E-state index in [9.17, 15) is 4.79 Å².